The van der Waals surface area contributed by atoms with E-state index in [1.54, 1.807) is 37.3 Å². The van der Waals surface area contributed by atoms with Gasteiger partial charge in [-0.25, -0.2) is 4.79 Å². The van der Waals surface area contributed by atoms with Crippen LogP contribution < -0.4 is 0 Å². The van der Waals surface area contributed by atoms with Crippen LogP contribution >= 0.6 is 0 Å². The smallest absolute Gasteiger partial charge is 0.338 e. The lowest BCUT2D eigenvalue weighted by Crippen LogP contribution is -2.79. The number of benzene rings is 1. The lowest BCUT2D eigenvalue weighted by molar-refractivity contribution is -0.351. The topological polar surface area (TPSA) is 150 Å². The van der Waals surface area contributed by atoms with Gasteiger partial charge in [0.25, 0.3) is 0 Å². The maximum atomic E-state index is 14.0. The molecule has 10 atom stereocenters. The third-order valence-electron chi connectivity index (χ3n) is 11.2. The van der Waals surface area contributed by atoms with Crippen LogP contribution in [0.15, 0.2) is 41.5 Å². The first-order valence-electron chi connectivity index (χ1n) is 16.0. The molecule has 5 aliphatic rings. The van der Waals surface area contributed by atoms with E-state index in [1.807, 2.05) is 20.8 Å². The van der Waals surface area contributed by atoms with Gasteiger partial charge < -0.3 is 33.2 Å². The average molecular weight is 655 g/mol. The molecule has 0 unspecified atom stereocenters. The number of ether oxygens (including phenoxy) is 7. The minimum atomic E-state index is -1.48. The van der Waals surface area contributed by atoms with Crippen molar-refractivity contribution in [2.45, 2.75) is 116 Å². The molecule has 0 aromatic heterocycles. The van der Waals surface area contributed by atoms with Crippen LogP contribution in [0.25, 0.3) is 0 Å². The molecule has 6 rings (SSSR count). The van der Waals surface area contributed by atoms with Crippen molar-refractivity contribution in [2.75, 3.05) is 6.61 Å². The first-order chi connectivity index (χ1) is 22.0. The largest absolute Gasteiger partial charge is 0.462 e. The second kappa shape index (κ2) is 11.2. The molecule has 1 aromatic rings. The van der Waals surface area contributed by atoms with Gasteiger partial charge in [-0.2, -0.15) is 0 Å². The van der Waals surface area contributed by atoms with Crippen molar-refractivity contribution in [1.29, 1.82) is 0 Å². The van der Waals surface area contributed by atoms with Crippen LogP contribution in [0.3, 0.4) is 0 Å². The van der Waals surface area contributed by atoms with Crippen LogP contribution in [0, 0.1) is 16.7 Å². The first-order valence-corrected chi connectivity index (χ1v) is 16.0. The average Bonchev–Trinajstić information content (AvgIpc) is 3.39. The third-order valence-corrected chi connectivity index (χ3v) is 11.2. The monoisotopic (exact) mass is 654 g/mol. The SMILES string of the molecule is CC(=O)O[C@H]1C[C@H]2OC[C@@]2(OC(C)=O)[C@H]2[C@H](OC(C)=O)[C@@]34C[C@@H](OC3(C)C)C(C)=C4[C@@H](OC(=O)c3ccccc3)[C@H](OC(C)=O)[C@]12C. The lowest BCUT2D eigenvalue weighted by Gasteiger charge is -2.65. The number of rotatable bonds is 6. The molecular weight excluding hydrogens is 612 g/mol. The van der Waals surface area contributed by atoms with Crippen molar-refractivity contribution < 1.29 is 57.1 Å². The molecule has 254 valence electrons. The summed E-state index contributed by atoms with van der Waals surface area (Å²) in [4.78, 5) is 65.8. The van der Waals surface area contributed by atoms with Gasteiger partial charge in [-0.3, -0.25) is 19.2 Å². The van der Waals surface area contributed by atoms with Gasteiger partial charge >= 0.3 is 29.8 Å². The van der Waals surface area contributed by atoms with Crippen LogP contribution in [0.4, 0.5) is 0 Å². The van der Waals surface area contributed by atoms with Gasteiger partial charge in [0.15, 0.2) is 17.8 Å². The van der Waals surface area contributed by atoms with Crippen molar-refractivity contribution in [3.63, 3.8) is 0 Å². The van der Waals surface area contributed by atoms with Gasteiger partial charge in [0.1, 0.15) is 18.3 Å². The zero-order chi connectivity index (χ0) is 34.3. The van der Waals surface area contributed by atoms with Gasteiger partial charge in [0.2, 0.25) is 0 Å². The highest BCUT2D eigenvalue weighted by atomic mass is 16.6. The van der Waals surface area contributed by atoms with E-state index in [-0.39, 0.29) is 18.6 Å². The molecule has 2 saturated carbocycles. The molecule has 47 heavy (non-hydrogen) atoms. The highest BCUT2D eigenvalue weighted by Gasteiger charge is 2.82. The Balaban J connectivity index is 1.70. The Labute approximate surface area is 273 Å². The Morgan fingerprint density at radius 1 is 0.809 bits per heavy atom. The van der Waals surface area contributed by atoms with E-state index in [0.29, 0.717) is 12.0 Å². The standard InChI is InChI=1S/C35H42O12/c1-17-23-15-34(32(6,7)47-23)26(17)27(45-31(40)22-12-10-9-11-13-22)29(43-19(3)37)33(8)24(42-18(2)36)14-25-35(16-41-25,46-21(5)39)28(33)30(34)44-20(4)38/h9-13,23-25,27-30H,14-16H2,1-8H3/t23-,24+,25-,27-,28+,29+,30+,33-,34+,35+/m1/s1. The lowest BCUT2D eigenvalue weighted by atomic mass is 9.49. The summed E-state index contributed by atoms with van der Waals surface area (Å²) in [6.07, 6.45) is -5.43. The third kappa shape index (κ3) is 4.73. The quantitative estimate of drug-likeness (QED) is 0.250. The maximum Gasteiger partial charge on any atom is 0.338 e. The number of fused-ring (bicyclic) bond motifs is 4. The van der Waals surface area contributed by atoms with Crippen LogP contribution in [0.2, 0.25) is 0 Å². The molecule has 0 N–H and O–H groups in total. The number of carbonyl (C=O) groups is 5. The fourth-order valence-electron chi connectivity index (χ4n) is 9.53. The molecular formula is C35H42O12. The van der Waals surface area contributed by atoms with E-state index < -0.39 is 94.4 Å². The van der Waals surface area contributed by atoms with Crippen LogP contribution in [-0.4, -0.2) is 84.3 Å². The van der Waals surface area contributed by atoms with Crippen LogP contribution in [0.1, 0.15) is 78.6 Å². The Kier molecular flexibility index (Phi) is 7.86. The van der Waals surface area contributed by atoms with Crippen molar-refractivity contribution in [3.8, 4) is 0 Å². The molecule has 12 heteroatoms. The van der Waals surface area contributed by atoms with Gasteiger partial charge in [0.05, 0.1) is 40.6 Å². The molecule has 2 bridgehead atoms. The predicted molar refractivity (Wildman–Crippen MR) is 161 cm³/mol. The summed E-state index contributed by atoms with van der Waals surface area (Å²) in [5, 5.41) is 0. The highest BCUT2D eigenvalue weighted by Crippen LogP contribution is 2.72. The Hall–Kier alpha value is -3.77. The second-order valence-electron chi connectivity index (χ2n) is 14.2. The zero-order valence-corrected chi connectivity index (χ0v) is 27.9. The summed E-state index contributed by atoms with van der Waals surface area (Å²) >= 11 is 0. The van der Waals surface area contributed by atoms with Crippen LogP contribution in [-0.2, 0) is 52.3 Å². The minimum absolute atomic E-state index is 0.0534. The van der Waals surface area contributed by atoms with E-state index in [2.05, 4.69) is 0 Å². The fourth-order valence-corrected chi connectivity index (χ4v) is 9.53. The highest BCUT2D eigenvalue weighted by molar-refractivity contribution is 5.89. The summed E-state index contributed by atoms with van der Waals surface area (Å²) in [6, 6.07) is 8.42. The summed E-state index contributed by atoms with van der Waals surface area (Å²) < 4.78 is 44.0. The molecule has 1 aromatic carbocycles. The van der Waals surface area contributed by atoms with Crippen molar-refractivity contribution in [2.24, 2.45) is 16.7 Å². The van der Waals surface area contributed by atoms with E-state index in [1.165, 1.54) is 27.7 Å². The molecule has 2 aliphatic heterocycles. The fraction of sp³-hybridized carbons (Fsp3) is 0.629. The van der Waals surface area contributed by atoms with Crippen LogP contribution in [0.5, 0.6) is 0 Å². The Morgan fingerprint density at radius 2 is 1.43 bits per heavy atom. The predicted octanol–water partition coefficient (Wildman–Crippen LogP) is 3.63. The maximum absolute atomic E-state index is 14.0. The second-order valence-corrected chi connectivity index (χ2v) is 14.2. The number of hydrogen-bond donors (Lipinski definition) is 0. The van der Waals surface area contributed by atoms with Gasteiger partial charge in [-0.15, -0.1) is 0 Å². The van der Waals surface area contributed by atoms with Crippen molar-refractivity contribution in [1.82, 2.24) is 0 Å². The molecule has 3 aliphatic carbocycles. The molecule has 4 fully saturated rings. The van der Waals surface area contributed by atoms with E-state index in [0.717, 1.165) is 5.57 Å². The van der Waals surface area contributed by atoms with Gasteiger partial charge in [-0.05, 0) is 50.5 Å². The summed E-state index contributed by atoms with van der Waals surface area (Å²) in [6.45, 7) is 12.4. The number of carbonyl (C=O) groups excluding carboxylic acids is 5. The van der Waals surface area contributed by atoms with E-state index in [9.17, 15) is 24.0 Å². The number of esters is 5. The first kappa shape index (κ1) is 33.1. The van der Waals surface area contributed by atoms with Gasteiger partial charge in [-0.1, -0.05) is 25.1 Å². The molecule has 1 spiro atoms. The molecule has 0 radical (unpaired) electrons. The Bertz CT molecular complexity index is 1550. The van der Waals surface area contributed by atoms with E-state index >= 15 is 0 Å². The molecule has 2 saturated heterocycles. The molecule has 0 amide bonds. The summed E-state index contributed by atoms with van der Waals surface area (Å²) in [7, 11) is 0. The number of hydrogen-bond acceptors (Lipinski definition) is 12. The van der Waals surface area contributed by atoms with Gasteiger partial charge in [0, 0.05) is 34.1 Å². The minimum Gasteiger partial charge on any atom is -0.462 e. The van der Waals surface area contributed by atoms with Crippen molar-refractivity contribution in [3.05, 3.63) is 47.0 Å². The van der Waals surface area contributed by atoms with Crippen molar-refractivity contribution >= 4 is 29.8 Å². The normalized spacial score (nSPS) is 39.2. The summed E-state index contributed by atoms with van der Waals surface area (Å²) in [5.41, 5.74) is -3.44. The zero-order valence-electron chi connectivity index (χ0n) is 27.9. The molecule has 2 heterocycles. The molecule has 12 nitrogen and oxygen atoms in total. The Morgan fingerprint density at radius 3 is 1.98 bits per heavy atom. The van der Waals surface area contributed by atoms with E-state index in [4.69, 9.17) is 33.2 Å². The summed E-state index contributed by atoms with van der Waals surface area (Å²) in [5.74, 6) is -4.16.